The normalized spacial score (nSPS) is 14.6. The first-order valence-electron chi connectivity index (χ1n) is 11.9. The predicted molar refractivity (Wildman–Crippen MR) is 140 cm³/mol. The zero-order valence-corrected chi connectivity index (χ0v) is 20.7. The average molecular weight is 427 g/mol. The van der Waals surface area contributed by atoms with Gasteiger partial charge in [-0.25, -0.2) is 0 Å². The van der Waals surface area contributed by atoms with Crippen LogP contribution in [0.5, 0.6) is 0 Å². The van der Waals surface area contributed by atoms with Crippen LogP contribution in [-0.4, -0.2) is 32.5 Å². The van der Waals surface area contributed by atoms with Gasteiger partial charge in [-0.3, -0.25) is 4.99 Å². The van der Waals surface area contributed by atoms with E-state index in [9.17, 15) is 0 Å². The molecule has 0 fully saturated rings. The minimum absolute atomic E-state index is 0.613. The Morgan fingerprint density at radius 3 is 2.55 bits per heavy atom. The highest BCUT2D eigenvalue weighted by molar-refractivity contribution is 5.61. The van der Waals surface area contributed by atoms with Crippen LogP contribution in [0, 0.1) is 0 Å². The SMILES string of the molecule is C=C(/C=C/C=C\C=C(/C)N=CCNC(CCC)CCCC)CC(/C=C\COC)=C/CC. The highest BCUT2D eigenvalue weighted by Crippen LogP contribution is 2.13. The van der Waals surface area contributed by atoms with Crippen molar-refractivity contribution >= 4 is 6.21 Å². The van der Waals surface area contributed by atoms with E-state index in [1.807, 2.05) is 43.5 Å². The van der Waals surface area contributed by atoms with Gasteiger partial charge in [0.2, 0.25) is 0 Å². The maximum atomic E-state index is 5.07. The quantitative estimate of drug-likeness (QED) is 0.182. The van der Waals surface area contributed by atoms with E-state index in [0.29, 0.717) is 12.6 Å². The summed E-state index contributed by atoms with van der Waals surface area (Å²) in [6.45, 7) is 14.3. The van der Waals surface area contributed by atoms with E-state index in [-0.39, 0.29) is 0 Å². The van der Waals surface area contributed by atoms with Crippen molar-refractivity contribution in [3.63, 3.8) is 0 Å². The molecule has 0 bridgehead atoms. The molecule has 0 aliphatic heterocycles. The summed E-state index contributed by atoms with van der Waals surface area (Å²) in [7, 11) is 1.71. The Balaban J connectivity index is 4.42. The number of nitrogens with one attached hydrogen (secondary N) is 1. The molecule has 3 heteroatoms. The largest absolute Gasteiger partial charge is 0.381 e. The van der Waals surface area contributed by atoms with E-state index in [4.69, 9.17) is 4.74 Å². The monoisotopic (exact) mass is 426 g/mol. The third-order valence-corrected chi connectivity index (χ3v) is 4.72. The molecule has 174 valence electrons. The molecular weight excluding hydrogens is 380 g/mol. The summed E-state index contributed by atoms with van der Waals surface area (Å²) in [5.74, 6) is 0. The smallest absolute Gasteiger partial charge is 0.0646 e. The van der Waals surface area contributed by atoms with Crippen LogP contribution in [0.2, 0.25) is 0 Å². The Morgan fingerprint density at radius 2 is 1.87 bits per heavy atom. The molecule has 0 aliphatic rings. The van der Waals surface area contributed by atoms with Crippen LogP contribution in [-0.2, 0) is 4.74 Å². The summed E-state index contributed by atoms with van der Waals surface area (Å²) in [5, 5.41) is 3.61. The van der Waals surface area contributed by atoms with E-state index >= 15 is 0 Å². The zero-order chi connectivity index (χ0) is 23.2. The van der Waals surface area contributed by atoms with Crippen molar-refractivity contribution in [1.82, 2.24) is 5.32 Å². The van der Waals surface area contributed by atoms with Crippen LogP contribution < -0.4 is 5.32 Å². The second-order valence-electron chi connectivity index (χ2n) is 7.78. The number of allylic oxidation sites excluding steroid dienone is 10. The van der Waals surface area contributed by atoms with Crippen molar-refractivity contribution < 1.29 is 4.74 Å². The van der Waals surface area contributed by atoms with Crippen molar-refractivity contribution in [2.45, 2.75) is 78.7 Å². The fourth-order valence-electron chi connectivity index (χ4n) is 3.13. The molecule has 0 heterocycles. The molecule has 1 N–H and O–H groups in total. The van der Waals surface area contributed by atoms with Gasteiger partial charge in [0.05, 0.1) is 6.61 Å². The standard InChI is InChI=1S/C28H46N2O/c1-7-10-20-28(16-9-3)30-22-21-29-26(5)18-13-11-12-17-25(4)24-27(15-8-2)19-14-23-31-6/h11-15,17-19,21,28,30H,4,7-10,16,20,22-24H2,1-3,5-6H3/b13-11-,17-12+,19-14-,26-18+,27-15+,29-21?. The number of rotatable bonds is 18. The summed E-state index contributed by atoms with van der Waals surface area (Å²) >= 11 is 0. The predicted octanol–water partition coefficient (Wildman–Crippen LogP) is 7.51. The molecule has 1 atom stereocenters. The second-order valence-corrected chi connectivity index (χ2v) is 7.78. The molecule has 0 rings (SSSR count). The Hall–Kier alpha value is -1.97. The van der Waals surface area contributed by atoms with Crippen molar-refractivity contribution in [2.75, 3.05) is 20.3 Å². The molecule has 0 spiro atoms. The maximum Gasteiger partial charge on any atom is 0.0646 e. The van der Waals surface area contributed by atoms with Crippen LogP contribution >= 0.6 is 0 Å². The number of hydrogen-bond acceptors (Lipinski definition) is 3. The Labute approximate surface area is 192 Å². The molecule has 0 amide bonds. The van der Waals surface area contributed by atoms with E-state index in [1.54, 1.807) is 7.11 Å². The van der Waals surface area contributed by atoms with Crippen LogP contribution in [0.1, 0.15) is 72.6 Å². The number of hydrogen-bond donors (Lipinski definition) is 1. The number of nitrogens with zero attached hydrogens (tertiary/aromatic N) is 1. The van der Waals surface area contributed by atoms with Crippen LogP contribution in [0.4, 0.5) is 0 Å². The van der Waals surface area contributed by atoms with E-state index < -0.39 is 0 Å². The molecule has 0 saturated carbocycles. The Bertz CT molecular complexity index is 635. The third-order valence-electron chi connectivity index (χ3n) is 4.72. The molecular formula is C28H46N2O. The average Bonchev–Trinajstić information content (AvgIpc) is 2.75. The first kappa shape index (κ1) is 29.0. The molecule has 3 nitrogen and oxygen atoms in total. The lowest BCUT2D eigenvalue weighted by molar-refractivity contribution is 0.234. The lowest BCUT2D eigenvalue weighted by Gasteiger charge is -2.16. The number of methoxy groups -OCH3 is 1. The van der Waals surface area contributed by atoms with Gasteiger partial charge in [-0.1, -0.05) is 94.7 Å². The van der Waals surface area contributed by atoms with Crippen molar-refractivity contribution in [3.05, 3.63) is 72.0 Å². The summed E-state index contributed by atoms with van der Waals surface area (Å²) in [6.07, 6.45) is 26.7. The van der Waals surface area contributed by atoms with Gasteiger partial charge in [-0.05, 0) is 44.3 Å². The molecule has 31 heavy (non-hydrogen) atoms. The molecule has 0 radical (unpaired) electrons. The highest BCUT2D eigenvalue weighted by atomic mass is 16.5. The van der Waals surface area contributed by atoms with Crippen LogP contribution in [0.3, 0.4) is 0 Å². The van der Waals surface area contributed by atoms with Crippen molar-refractivity contribution in [1.29, 1.82) is 0 Å². The minimum atomic E-state index is 0.613. The molecule has 0 aromatic rings. The summed E-state index contributed by atoms with van der Waals surface area (Å²) in [6, 6.07) is 0.613. The van der Waals surface area contributed by atoms with Gasteiger partial charge >= 0.3 is 0 Å². The number of aliphatic imine (C=N–C) groups is 1. The fourth-order valence-corrected chi connectivity index (χ4v) is 3.13. The van der Waals surface area contributed by atoms with Gasteiger partial charge in [0.1, 0.15) is 0 Å². The maximum absolute atomic E-state index is 5.07. The Kier molecular flexibility index (Phi) is 19.9. The summed E-state index contributed by atoms with van der Waals surface area (Å²) in [5.41, 5.74) is 3.36. The fraction of sp³-hybridized carbons (Fsp3) is 0.536. The van der Waals surface area contributed by atoms with Gasteiger partial charge in [0.15, 0.2) is 0 Å². The molecule has 1 unspecified atom stereocenters. The molecule has 0 saturated heterocycles. The second kappa shape index (κ2) is 21.3. The first-order valence-corrected chi connectivity index (χ1v) is 11.9. The summed E-state index contributed by atoms with van der Waals surface area (Å²) in [4.78, 5) is 4.52. The van der Waals surface area contributed by atoms with Crippen molar-refractivity contribution in [2.24, 2.45) is 4.99 Å². The number of ether oxygens (including phenoxy) is 1. The molecule has 0 aromatic heterocycles. The topological polar surface area (TPSA) is 33.6 Å². The molecule has 0 aliphatic carbocycles. The van der Waals surface area contributed by atoms with Gasteiger partial charge < -0.3 is 10.1 Å². The van der Waals surface area contributed by atoms with Gasteiger partial charge in [-0.2, -0.15) is 0 Å². The minimum Gasteiger partial charge on any atom is -0.381 e. The van der Waals surface area contributed by atoms with Crippen LogP contribution in [0.15, 0.2) is 77.0 Å². The van der Waals surface area contributed by atoms with Gasteiger partial charge in [0, 0.05) is 31.6 Å². The van der Waals surface area contributed by atoms with Gasteiger partial charge in [0.25, 0.3) is 0 Å². The van der Waals surface area contributed by atoms with Crippen LogP contribution in [0.25, 0.3) is 0 Å². The lowest BCUT2D eigenvalue weighted by atomic mass is 10.0. The Morgan fingerprint density at radius 1 is 1.06 bits per heavy atom. The van der Waals surface area contributed by atoms with E-state index in [0.717, 1.165) is 30.7 Å². The third kappa shape index (κ3) is 18.5. The lowest BCUT2D eigenvalue weighted by Crippen LogP contribution is -2.30. The molecule has 0 aromatic carbocycles. The first-order chi connectivity index (χ1) is 15.1. The van der Waals surface area contributed by atoms with E-state index in [1.165, 1.54) is 37.7 Å². The summed E-state index contributed by atoms with van der Waals surface area (Å²) < 4.78 is 5.07. The number of unbranched alkanes of at least 4 members (excludes halogenated alkanes) is 1. The van der Waals surface area contributed by atoms with E-state index in [2.05, 4.69) is 55.9 Å². The highest BCUT2D eigenvalue weighted by Gasteiger charge is 2.04. The zero-order valence-electron chi connectivity index (χ0n) is 20.7. The van der Waals surface area contributed by atoms with Gasteiger partial charge in [-0.15, -0.1) is 0 Å². The van der Waals surface area contributed by atoms with Crippen molar-refractivity contribution in [3.8, 4) is 0 Å².